The number of carbonyl (C=O) groups excluding carboxylic acids is 1. The summed E-state index contributed by atoms with van der Waals surface area (Å²) < 4.78 is 0. The van der Waals surface area contributed by atoms with E-state index in [4.69, 9.17) is 0 Å². The van der Waals surface area contributed by atoms with Crippen molar-refractivity contribution in [1.29, 1.82) is 0 Å². The van der Waals surface area contributed by atoms with Gasteiger partial charge in [0.15, 0.2) is 0 Å². The summed E-state index contributed by atoms with van der Waals surface area (Å²) in [6, 6.07) is 10.3. The predicted octanol–water partition coefficient (Wildman–Crippen LogP) is 3.43. The predicted molar refractivity (Wildman–Crippen MR) is 88.1 cm³/mol. The number of nitrogens with zero attached hydrogens (tertiary/aromatic N) is 1. The summed E-state index contributed by atoms with van der Waals surface area (Å²) in [7, 11) is 1.68. The average Bonchev–Trinajstić information content (AvgIpc) is 3.34. The van der Waals surface area contributed by atoms with Crippen molar-refractivity contribution in [3.8, 4) is 0 Å². The fraction of sp³-hybridized carbons (Fsp3) is 0.579. The van der Waals surface area contributed by atoms with Crippen LogP contribution in [0.1, 0.15) is 56.4 Å². The summed E-state index contributed by atoms with van der Waals surface area (Å²) in [4.78, 5) is 26.0. The molecule has 2 aliphatic rings. The number of hydrogen-bond donors (Lipinski definition) is 1. The van der Waals surface area contributed by atoms with Crippen LogP contribution in [0.5, 0.6) is 0 Å². The lowest BCUT2D eigenvalue weighted by Crippen LogP contribution is -2.56. The first kappa shape index (κ1) is 16.0. The Labute approximate surface area is 137 Å². The lowest BCUT2D eigenvalue weighted by atomic mass is 9.80. The highest BCUT2D eigenvalue weighted by atomic mass is 16.4. The van der Waals surface area contributed by atoms with Crippen LogP contribution in [0.4, 0.5) is 0 Å². The third-order valence-corrected chi connectivity index (χ3v) is 5.68. The van der Waals surface area contributed by atoms with Gasteiger partial charge in [0.2, 0.25) is 5.91 Å². The van der Waals surface area contributed by atoms with Crippen molar-refractivity contribution in [2.45, 2.75) is 56.4 Å². The molecule has 0 saturated heterocycles. The van der Waals surface area contributed by atoms with Crippen LogP contribution >= 0.6 is 0 Å². The number of carboxylic acid groups (broad SMARTS) is 1. The van der Waals surface area contributed by atoms with E-state index in [2.05, 4.69) is 12.1 Å². The summed E-state index contributed by atoms with van der Waals surface area (Å²) in [5.41, 5.74) is 0.311. The molecule has 0 aliphatic heterocycles. The molecule has 0 radical (unpaired) electrons. The van der Waals surface area contributed by atoms with Gasteiger partial charge in [-0.25, -0.2) is 4.79 Å². The fourth-order valence-corrected chi connectivity index (χ4v) is 4.01. The molecule has 1 amide bonds. The molecule has 124 valence electrons. The van der Waals surface area contributed by atoms with Crippen LogP contribution in [0.25, 0.3) is 0 Å². The molecule has 3 rings (SSSR count). The number of carboxylic acids is 1. The van der Waals surface area contributed by atoms with Crippen molar-refractivity contribution in [2.24, 2.45) is 5.92 Å². The summed E-state index contributed by atoms with van der Waals surface area (Å²) in [5.74, 6) is -0.0383. The van der Waals surface area contributed by atoms with Gasteiger partial charge in [0, 0.05) is 13.5 Å². The van der Waals surface area contributed by atoms with Crippen LogP contribution in [0.15, 0.2) is 30.3 Å². The van der Waals surface area contributed by atoms with Gasteiger partial charge in [-0.2, -0.15) is 0 Å². The Balaban J connectivity index is 1.63. The van der Waals surface area contributed by atoms with Crippen LogP contribution in [-0.4, -0.2) is 34.5 Å². The van der Waals surface area contributed by atoms with E-state index in [9.17, 15) is 14.7 Å². The van der Waals surface area contributed by atoms with Gasteiger partial charge in [0.05, 0.1) is 0 Å². The zero-order chi connectivity index (χ0) is 16.4. The maximum Gasteiger partial charge on any atom is 0.329 e. The van der Waals surface area contributed by atoms with E-state index < -0.39 is 11.5 Å². The van der Waals surface area contributed by atoms with E-state index in [1.165, 1.54) is 10.5 Å². The molecule has 0 spiro atoms. The molecule has 0 unspecified atom stereocenters. The molecule has 0 aromatic heterocycles. The molecule has 2 fully saturated rings. The van der Waals surface area contributed by atoms with Crippen LogP contribution in [0.3, 0.4) is 0 Å². The van der Waals surface area contributed by atoms with Gasteiger partial charge in [-0.3, -0.25) is 4.79 Å². The molecule has 1 aromatic carbocycles. The van der Waals surface area contributed by atoms with Crippen molar-refractivity contribution in [3.63, 3.8) is 0 Å². The van der Waals surface area contributed by atoms with Crippen LogP contribution in [0, 0.1) is 5.92 Å². The molecule has 1 aromatic rings. The zero-order valence-corrected chi connectivity index (χ0v) is 13.7. The van der Waals surface area contributed by atoms with Gasteiger partial charge < -0.3 is 10.0 Å². The Bertz CT molecular complexity index is 578. The molecule has 0 bridgehead atoms. The molecular formula is C19H25NO3. The maximum absolute atomic E-state index is 12.6. The first-order chi connectivity index (χ1) is 11.0. The van der Waals surface area contributed by atoms with Crippen molar-refractivity contribution < 1.29 is 14.7 Å². The first-order valence-electron chi connectivity index (χ1n) is 8.59. The molecule has 1 N–H and O–H groups in total. The van der Waals surface area contributed by atoms with Crippen molar-refractivity contribution in [1.82, 2.24) is 4.90 Å². The Morgan fingerprint density at radius 2 is 1.83 bits per heavy atom. The van der Waals surface area contributed by atoms with E-state index in [0.717, 1.165) is 25.7 Å². The van der Waals surface area contributed by atoms with E-state index >= 15 is 0 Å². The number of likely N-dealkylation sites (N-methyl/N-ethyl adjacent to an activating group) is 1. The Morgan fingerprint density at radius 3 is 2.43 bits per heavy atom. The number of amides is 1. The molecule has 2 saturated carbocycles. The molecule has 2 atom stereocenters. The van der Waals surface area contributed by atoms with Gasteiger partial charge in [-0.05, 0) is 36.7 Å². The minimum atomic E-state index is -0.980. The van der Waals surface area contributed by atoms with Crippen molar-refractivity contribution in [2.75, 3.05) is 7.05 Å². The minimum absolute atomic E-state index is 0.0160. The molecule has 4 nitrogen and oxygen atoms in total. The fourth-order valence-electron chi connectivity index (χ4n) is 4.01. The third kappa shape index (κ3) is 3.12. The third-order valence-electron chi connectivity index (χ3n) is 5.68. The second-order valence-corrected chi connectivity index (χ2v) is 7.07. The standard InChI is InChI=1S/C19H25NO3/c1-20(19(18(22)23)10-6-3-7-11-19)17(21)13-15-12-16(15)14-8-4-2-5-9-14/h2,4-5,8-9,15-16H,3,6-7,10-13H2,1H3,(H,22,23)/t15-,16-/m0/s1. The highest BCUT2D eigenvalue weighted by Gasteiger charge is 2.47. The van der Waals surface area contributed by atoms with Crippen LogP contribution < -0.4 is 0 Å². The van der Waals surface area contributed by atoms with Crippen molar-refractivity contribution in [3.05, 3.63) is 35.9 Å². The molecule has 23 heavy (non-hydrogen) atoms. The monoisotopic (exact) mass is 315 g/mol. The van der Waals surface area contributed by atoms with Gasteiger partial charge >= 0.3 is 5.97 Å². The largest absolute Gasteiger partial charge is 0.479 e. The zero-order valence-electron chi connectivity index (χ0n) is 13.7. The normalized spacial score (nSPS) is 25.6. The van der Waals surface area contributed by atoms with Gasteiger partial charge in [0.1, 0.15) is 5.54 Å². The lowest BCUT2D eigenvalue weighted by molar-refractivity contribution is -0.160. The molecule has 4 heteroatoms. The topological polar surface area (TPSA) is 57.6 Å². The van der Waals surface area contributed by atoms with Gasteiger partial charge in [-0.15, -0.1) is 0 Å². The van der Waals surface area contributed by atoms with E-state index in [-0.39, 0.29) is 5.91 Å². The minimum Gasteiger partial charge on any atom is -0.479 e. The maximum atomic E-state index is 12.6. The van der Waals surface area contributed by atoms with Gasteiger partial charge in [-0.1, -0.05) is 49.6 Å². The number of carbonyl (C=O) groups is 2. The Kier molecular flexibility index (Phi) is 4.42. The highest BCUT2D eigenvalue weighted by molar-refractivity contribution is 5.87. The van der Waals surface area contributed by atoms with Gasteiger partial charge in [0.25, 0.3) is 0 Å². The number of benzene rings is 1. The highest BCUT2D eigenvalue weighted by Crippen LogP contribution is 2.50. The number of aliphatic carboxylic acids is 1. The summed E-state index contributed by atoms with van der Waals surface area (Å²) in [6.07, 6.45) is 5.50. The van der Waals surface area contributed by atoms with Crippen molar-refractivity contribution >= 4 is 11.9 Å². The van der Waals surface area contributed by atoms with E-state index in [1.807, 2.05) is 18.2 Å². The second kappa shape index (κ2) is 6.34. The molecule has 2 aliphatic carbocycles. The van der Waals surface area contributed by atoms with E-state index in [1.54, 1.807) is 7.05 Å². The summed E-state index contributed by atoms with van der Waals surface area (Å²) in [5, 5.41) is 9.69. The first-order valence-corrected chi connectivity index (χ1v) is 8.59. The molecular weight excluding hydrogens is 290 g/mol. The number of hydrogen-bond acceptors (Lipinski definition) is 2. The Morgan fingerprint density at radius 1 is 1.17 bits per heavy atom. The smallest absolute Gasteiger partial charge is 0.329 e. The number of rotatable bonds is 5. The van der Waals surface area contributed by atoms with E-state index in [0.29, 0.717) is 31.1 Å². The summed E-state index contributed by atoms with van der Waals surface area (Å²) >= 11 is 0. The SMILES string of the molecule is CN(C(=O)C[C@@H]1C[C@H]1c1ccccc1)C1(C(=O)O)CCCCC1. The molecule has 0 heterocycles. The average molecular weight is 315 g/mol. The second-order valence-electron chi connectivity index (χ2n) is 7.07. The summed E-state index contributed by atoms with van der Waals surface area (Å²) in [6.45, 7) is 0. The lowest BCUT2D eigenvalue weighted by Gasteiger charge is -2.41. The van der Waals surface area contributed by atoms with Crippen LogP contribution in [0.2, 0.25) is 0 Å². The van der Waals surface area contributed by atoms with Crippen LogP contribution in [-0.2, 0) is 9.59 Å². The Hall–Kier alpha value is -1.84. The quantitative estimate of drug-likeness (QED) is 0.905.